The van der Waals surface area contributed by atoms with Crippen LogP contribution < -0.4 is 4.90 Å². The van der Waals surface area contributed by atoms with Crippen LogP contribution in [0, 0.1) is 18.3 Å². The summed E-state index contributed by atoms with van der Waals surface area (Å²) in [6.45, 7) is 3.77. The molecule has 0 spiro atoms. The van der Waals surface area contributed by atoms with Crippen LogP contribution in [0.1, 0.15) is 30.4 Å². The lowest BCUT2D eigenvalue weighted by atomic mass is 10.1. The number of hydrogen-bond donors (Lipinski definition) is 0. The summed E-state index contributed by atoms with van der Waals surface area (Å²) in [5.41, 5.74) is 1.44. The Bertz CT molecular complexity index is 521. The van der Waals surface area contributed by atoms with Gasteiger partial charge in [0.15, 0.2) is 0 Å². The van der Waals surface area contributed by atoms with Crippen molar-refractivity contribution < 1.29 is 0 Å². The van der Waals surface area contributed by atoms with Gasteiger partial charge >= 0.3 is 0 Å². The van der Waals surface area contributed by atoms with E-state index in [1.165, 1.54) is 6.42 Å². The van der Waals surface area contributed by atoms with Crippen molar-refractivity contribution >= 4 is 17.4 Å². The highest BCUT2D eigenvalue weighted by Crippen LogP contribution is 2.28. The normalized spacial score (nSPS) is 19.8. The summed E-state index contributed by atoms with van der Waals surface area (Å²) in [5, 5.41) is 9.94. The minimum absolute atomic E-state index is 0.561. The molecule has 0 aliphatic carbocycles. The Labute approximate surface area is 126 Å². The second kappa shape index (κ2) is 6.43. The number of nitriles is 1. The summed E-state index contributed by atoms with van der Waals surface area (Å²) in [4.78, 5) is 8.92. The Hall–Kier alpha value is -1.31. The molecule has 0 amide bonds. The summed E-state index contributed by atoms with van der Waals surface area (Å²) in [7, 11) is 4.26. The van der Waals surface area contributed by atoms with Crippen LogP contribution in [-0.4, -0.2) is 43.1 Å². The Morgan fingerprint density at radius 2 is 2.15 bits per heavy atom. The van der Waals surface area contributed by atoms with E-state index in [4.69, 9.17) is 11.6 Å². The predicted molar refractivity (Wildman–Crippen MR) is 82.2 cm³/mol. The van der Waals surface area contributed by atoms with Crippen LogP contribution in [0.15, 0.2) is 6.20 Å². The smallest absolute Gasteiger partial charge is 0.146 e. The van der Waals surface area contributed by atoms with Crippen molar-refractivity contribution in [3.63, 3.8) is 0 Å². The molecule has 1 aromatic rings. The molecule has 2 rings (SSSR count). The number of nitrogens with zero attached hydrogens (tertiary/aromatic N) is 4. The first-order chi connectivity index (χ1) is 9.54. The van der Waals surface area contributed by atoms with Crippen LogP contribution in [-0.2, 0) is 0 Å². The average Bonchev–Trinajstić information content (AvgIpc) is 2.67. The summed E-state index contributed by atoms with van der Waals surface area (Å²) in [6.07, 6.45) is 5.07. The number of aromatic nitrogens is 1. The summed E-state index contributed by atoms with van der Waals surface area (Å²) >= 11 is 6.06. The summed E-state index contributed by atoms with van der Waals surface area (Å²) < 4.78 is 0. The van der Waals surface area contributed by atoms with Crippen molar-refractivity contribution in [2.75, 3.05) is 32.1 Å². The molecule has 1 saturated heterocycles. The minimum atomic E-state index is 0.561. The van der Waals surface area contributed by atoms with Gasteiger partial charge in [0.05, 0.1) is 10.6 Å². The topological polar surface area (TPSA) is 43.2 Å². The fourth-order valence-corrected chi connectivity index (χ4v) is 2.89. The van der Waals surface area contributed by atoms with Crippen molar-refractivity contribution in [3.8, 4) is 6.07 Å². The van der Waals surface area contributed by atoms with E-state index < -0.39 is 0 Å². The molecule has 2 heterocycles. The van der Waals surface area contributed by atoms with E-state index in [9.17, 15) is 5.26 Å². The number of rotatable bonds is 2. The van der Waals surface area contributed by atoms with Gasteiger partial charge in [0.1, 0.15) is 11.9 Å². The zero-order valence-electron chi connectivity index (χ0n) is 12.4. The Morgan fingerprint density at radius 1 is 1.40 bits per heavy atom. The van der Waals surface area contributed by atoms with Gasteiger partial charge in [0.25, 0.3) is 0 Å². The second-order valence-electron chi connectivity index (χ2n) is 5.58. The lowest BCUT2D eigenvalue weighted by molar-refractivity contribution is 0.272. The second-order valence-corrected chi connectivity index (χ2v) is 5.98. The monoisotopic (exact) mass is 292 g/mol. The fraction of sp³-hybridized carbons (Fsp3) is 0.600. The van der Waals surface area contributed by atoms with Crippen molar-refractivity contribution in [3.05, 3.63) is 22.3 Å². The van der Waals surface area contributed by atoms with E-state index in [0.29, 0.717) is 16.6 Å². The van der Waals surface area contributed by atoms with Gasteiger partial charge in [-0.3, -0.25) is 0 Å². The van der Waals surface area contributed by atoms with Gasteiger partial charge in [-0.05, 0) is 45.8 Å². The molecule has 0 aromatic carbocycles. The SMILES string of the molecule is Cc1c(Cl)cnc(N2CCC[C@H](N(C)C)CC2)c1C#N. The van der Waals surface area contributed by atoms with Crippen LogP contribution >= 0.6 is 11.6 Å². The predicted octanol–water partition coefficient (Wildman–Crippen LogP) is 2.84. The first-order valence-electron chi connectivity index (χ1n) is 7.01. The molecule has 0 bridgehead atoms. The Kier molecular flexibility index (Phi) is 4.85. The van der Waals surface area contributed by atoms with E-state index in [2.05, 4.69) is 34.9 Å². The molecule has 20 heavy (non-hydrogen) atoms. The van der Waals surface area contributed by atoms with Crippen LogP contribution in [0.25, 0.3) is 0 Å². The van der Waals surface area contributed by atoms with E-state index in [1.54, 1.807) is 6.20 Å². The fourth-order valence-electron chi connectivity index (χ4n) is 2.75. The van der Waals surface area contributed by atoms with Crippen molar-refractivity contribution in [1.29, 1.82) is 5.26 Å². The van der Waals surface area contributed by atoms with E-state index in [-0.39, 0.29) is 0 Å². The molecule has 0 radical (unpaired) electrons. The maximum absolute atomic E-state index is 9.38. The molecule has 4 nitrogen and oxygen atoms in total. The molecular formula is C15H21ClN4. The van der Waals surface area contributed by atoms with Gasteiger partial charge in [-0.25, -0.2) is 4.98 Å². The van der Waals surface area contributed by atoms with E-state index in [0.717, 1.165) is 37.3 Å². The van der Waals surface area contributed by atoms with Crippen LogP contribution in [0.2, 0.25) is 5.02 Å². The summed E-state index contributed by atoms with van der Waals surface area (Å²) in [5.74, 6) is 0.786. The molecule has 1 aliphatic heterocycles. The van der Waals surface area contributed by atoms with E-state index in [1.807, 2.05) is 6.92 Å². The van der Waals surface area contributed by atoms with E-state index >= 15 is 0 Å². The van der Waals surface area contributed by atoms with Gasteiger partial charge in [-0.15, -0.1) is 0 Å². The van der Waals surface area contributed by atoms with Crippen molar-refractivity contribution in [2.24, 2.45) is 0 Å². The highest BCUT2D eigenvalue weighted by molar-refractivity contribution is 6.31. The van der Waals surface area contributed by atoms with Gasteiger partial charge in [-0.1, -0.05) is 11.6 Å². The summed E-state index contributed by atoms with van der Waals surface area (Å²) in [6, 6.07) is 2.87. The highest BCUT2D eigenvalue weighted by Gasteiger charge is 2.22. The largest absolute Gasteiger partial charge is 0.355 e. The zero-order valence-corrected chi connectivity index (χ0v) is 13.1. The number of halogens is 1. The molecule has 1 atom stereocenters. The molecule has 0 N–H and O–H groups in total. The molecule has 5 heteroatoms. The maximum Gasteiger partial charge on any atom is 0.146 e. The van der Waals surface area contributed by atoms with Gasteiger partial charge in [-0.2, -0.15) is 5.26 Å². The lowest BCUT2D eigenvalue weighted by Crippen LogP contribution is -2.30. The third-order valence-corrected chi connectivity index (χ3v) is 4.48. The van der Waals surface area contributed by atoms with Gasteiger partial charge < -0.3 is 9.80 Å². The number of anilines is 1. The highest BCUT2D eigenvalue weighted by atomic mass is 35.5. The maximum atomic E-state index is 9.38. The molecule has 1 fully saturated rings. The molecular weight excluding hydrogens is 272 g/mol. The lowest BCUT2D eigenvalue weighted by Gasteiger charge is -2.25. The molecule has 0 saturated carbocycles. The molecule has 0 unspecified atom stereocenters. The minimum Gasteiger partial charge on any atom is -0.355 e. The average molecular weight is 293 g/mol. The van der Waals surface area contributed by atoms with Gasteiger partial charge in [0, 0.05) is 25.3 Å². The Balaban J connectivity index is 2.25. The Morgan fingerprint density at radius 3 is 2.80 bits per heavy atom. The van der Waals surface area contributed by atoms with Crippen molar-refractivity contribution in [1.82, 2.24) is 9.88 Å². The van der Waals surface area contributed by atoms with Crippen LogP contribution in [0.5, 0.6) is 0 Å². The van der Waals surface area contributed by atoms with Crippen molar-refractivity contribution in [2.45, 2.75) is 32.2 Å². The quantitative estimate of drug-likeness (QED) is 0.841. The first kappa shape index (κ1) is 15.1. The third kappa shape index (κ3) is 3.05. The van der Waals surface area contributed by atoms with Gasteiger partial charge in [0.2, 0.25) is 0 Å². The standard InChI is InChI=1S/C15H21ClN4/c1-11-13(9-17)15(18-10-14(11)16)20-7-4-5-12(6-8-20)19(2)3/h10,12H,4-8H2,1-3H3/t12-/m0/s1. The third-order valence-electron chi connectivity index (χ3n) is 4.10. The van der Waals surface area contributed by atoms with Crippen LogP contribution in [0.4, 0.5) is 5.82 Å². The first-order valence-corrected chi connectivity index (χ1v) is 7.39. The molecule has 1 aliphatic rings. The zero-order chi connectivity index (χ0) is 14.7. The number of pyridine rings is 1. The van der Waals surface area contributed by atoms with Crippen LogP contribution in [0.3, 0.4) is 0 Å². The molecule has 108 valence electrons. The number of hydrogen-bond acceptors (Lipinski definition) is 4. The molecule has 1 aromatic heterocycles.